The molecule has 58 heavy (non-hydrogen) atoms. The predicted octanol–water partition coefficient (Wildman–Crippen LogP) is 10.9. The van der Waals surface area contributed by atoms with Gasteiger partial charge < -0.3 is 10.5 Å². The average molecular weight is 909 g/mol. The van der Waals surface area contributed by atoms with Gasteiger partial charge in [-0.3, -0.25) is 20.2 Å². The maximum absolute atomic E-state index is 13.4. The molecule has 3 fully saturated rings. The van der Waals surface area contributed by atoms with Gasteiger partial charge >= 0.3 is 11.4 Å². The van der Waals surface area contributed by atoms with Crippen molar-refractivity contribution in [2.24, 2.45) is 11.7 Å². The van der Waals surface area contributed by atoms with Gasteiger partial charge in [0.15, 0.2) is 33.6 Å². The highest BCUT2D eigenvalue weighted by molar-refractivity contribution is 7.99. The van der Waals surface area contributed by atoms with Crippen molar-refractivity contribution in [3.05, 3.63) is 112 Å². The molecule has 12 nitrogen and oxygen atoms in total. The molecule has 0 unspecified atom stereocenters. The van der Waals surface area contributed by atoms with Crippen molar-refractivity contribution in [2.75, 3.05) is 24.7 Å². The molecule has 1 saturated heterocycles. The molecule has 3 aliphatic rings. The summed E-state index contributed by atoms with van der Waals surface area (Å²) in [5.74, 6) is -1.42. The molecule has 2 saturated carbocycles. The number of nitrogens with zero attached hydrogens (tertiary/aromatic N) is 6. The van der Waals surface area contributed by atoms with Gasteiger partial charge in [-0.05, 0) is 85.8 Å². The summed E-state index contributed by atoms with van der Waals surface area (Å²) in [5, 5.41) is 22.0. The van der Waals surface area contributed by atoms with E-state index in [4.69, 9.17) is 45.3 Å². The van der Waals surface area contributed by atoms with Crippen LogP contribution in [0, 0.1) is 49.4 Å². The van der Waals surface area contributed by atoms with E-state index in [0.29, 0.717) is 28.0 Å². The van der Waals surface area contributed by atoms with Crippen molar-refractivity contribution in [1.82, 2.24) is 19.9 Å². The summed E-state index contributed by atoms with van der Waals surface area (Å²) < 4.78 is 56.6. The minimum Gasteiger partial charge on any atom is -0.381 e. The topological polar surface area (TPSA) is 173 Å². The van der Waals surface area contributed by atoms with Crippen LogP contribution in [0.15, 0.2) is 46.7 Å². The first kappa shape index (κ1) is 47.3. The first-order valence-electron chi connectivity index (χ1n) is 18.2. The van der Waals surface area contributed by atoms with Crippen molar-refractivity contribution in [3.8, 4) is 0 Å². The number of nitro groups is 2. The summed E-state index contributed by atoms with van der Waals surface area (Å²) in [7, 11) is 0. The summed E-state index contributed by atoms with van der Waals surface area (Å²) in [6.07, 6.45) is 6.38. The normalized spacial score (nSPS) is 18.8. The Balaban J connectivity index is 0.000000195. The van der Waals surface area contributed by atoms with Gasteiger partial charge in [-0.1, -0.05) is 84.3 Å². The van der Waals surface area contributed by atoms with Gasteiger partial charge in [0.1, 0.15) is 5.69 Å². The Morgan fingerprint density at radius 2 is 1.17 bits per heavy atom. The van der Waals surface area contributed by atoms with Crippen LogP contribution >= 0.6 is 58.3 Å². The smallest absolute Gasteiger partial charge is 0.343 e. The van der Waals surface area contributed by atoms with Crippen LogP contribution in [-0.4, -0.2) is 60.5 Å². The fourth-order valence-corrected chi connectivity index (χ4v) is 7.90. The lowest BCUT2D eigenvalue weighted by Gasteiger charge is -2.06. The van der Waals surface area contributed by atoms with E-state index in [9.17, 15) is 37.8 Å². The highest BCUT2D eigenvalue weighted by Gasteiger charge is 2.41. The largest absolute Gasteiger partial charge is 0.381 e. The number of rotatable bonds is 12. The van der Waals surface area contributed by atoms with E-state index in [1.54, 1.807) is 12.1 Å². The number of halogens is 7. The molecule has 3 heterocycles. The molecule has 0 bridgehead atoms. The van der Waals surface area contributed by atoms with E-state index in [0.717, 1.165) is 68.1 Å². The summed E-state index contributed by atoms with van der Waals surface area (Å²) in [4.78, 5) is 36.5. The molecule has 2 aromatic heterocycles. The summed E-state index contributed by atoms with van der Waals surface area (Å²) >= 11 is 20.0. The molecule has 1 aliphatic heterocycles. The van der Waals surface area contributed by atoms with Gasteiger partial charge in [-0.25, -0.2) is 37.5 Å². The van der Waals surface area contributed by atoms with Crippen LogP contribution in [0.2, 0.25) is 15.5 Å². The Hall–Kier alpha value is -3.39. The van der Waals surface area contributed by atoms with Crippen LogP contribution in [0.5, 0.6) is 0 Å². The van der Waals surface area contributed by atoms with Gasteiger partial charge in [0.25, 0.3) is 0 Å². The number of ether oxygens (including phenoxy) is 1. The fourth-order valence-electron chi connectivity index (χ4n) is 5.55. The number of hydrogen-bond donors (Lipinski definition) is 1. The molecule has 314 valence electrons. The van der Waals surface area contributed by atoms with Gasteiger partial charge in [-0.2, -0.15) is 0 Å². The standard InChI is InChI=1S/C17H16ClF2N3O2S.C9H9F2N.C7H7Cl2N3O2S.C4H8O/c1-2-5-26-17-21-14(15(23(24)25)16(18)22-17)8-10-6-11(10)9-3-4-12(19)13(20)7-9;10-7-2-1-5(3-8(7)11)6-4-9(6)12;1-2-3-15-7-10-5(8)4(12(13)14)6(9)11-7;1-2-4-5-3-1/h3-4,7,10-11H,2,5-6,8H2,1H3;1-3,6,9H,4,12H2;2-3H2,1H3;1-4H2/t10-,11-;6-,9+;;/m00../s1. The zero-order chi connectivity index (χ0) is 42.5. The average Bonchev–Trinajstić information content (AvgIpc) is 4.02. The molecular weight excluding hydrogens is 869 g/mol. The second-order valence-electron chi connectivity index (χ2n) is 13.2. The number of benzene rings is 2. The van der Waals surface area contributed by atoms with Crippen LogP contribution in [-0.2, 0) is 11.2 Å². The number of nitrogens with two attached hydrogens (primary N) is 1. The van der Waals surface area contributed by atoms with Crippen molar-refractivity contribution in [3.63, 3.8) is 0 Å². The minimum absolute atomic E-state index is 0.0326. The van der Waals surface area contributed by atoms with Crippen molar-refractivity contribution < 1.29 is 32.1 Å². The van der Waals surface area contributed by atoms with Crippen molar-refractivity contribution >= 4 is 69.7 Å². The Morgan fingerprint density at radius 3 is 1.57 bits per heavy atom. The van der Waals surface area contributed by atoms with Crippen LogP contribution in [0.25, 0.3) is 0 Å². The lowest BCUT2D eigenvalue weighted by molar-refractivity contribution is -0.386. The van der Waals surface area contributed by atoms with Gasteiger partial charge in [0.05, 0.1) is 9.85 Å². The highest BCUT2D eigenvalue weighted by atomic mass is 35.5. The molecule has 4 aromatic rings. The molecule has 0 spiro atoms. The highest BCUT2D eigenvalue weighted by Crippen LogP contribution is 2.50. The van der Waals surface area contributed by atoms with E-state index in [2.05, 4.69) is 19.9 Å². The molecule has 21 heteroatoms. The van der Waals surface area contributed by atoms with Crippen molar-refractivity contribution in [2.45, 2.75) is 87.0 Å². The molecule has 0 amide bonds. The third-order valence-corrected chi connectivity index (χ3v) is 11.6. The Labute approximate surface area is 355 Å². The molecule has 2 N–H and O–H groups in total. The van der Waals surface area contributed by atoms with Crippen molar-refractivity contribution in [1.29, 1.82) is 0 Å². The van der Waals surface area contributed by atoms with E-state index in [1.165, 1.54) is 48.5 Å². The maximum Gasteiger partial charge on any atom is 0.343 e. The second kappa shape index (κ2) is 22.8. The van der Waals surface area contributed by atoms with E-state index in [1.807, 2.05) is 13.8 Å². The lowest BCUT2D eigenvalue weighted by atomic mass is 10.1. The zero-order valence-electron chi connectivity index (χ0n) is 31.3. The third kappa shape index (κ3) is 14.1. The molecule has 2 aliphatic carbocycles. The molecule has 0 radical (unpaired) electrons. The quantitative estimate of drug-likeness (QED) is 0.0356. The summed E-state index contributed by atoms with van der Waals surface area (Å²) in [6, 6.07) is 7.94. The number of aromatic nitrogens is 4. The Morgan fingerprint density at radius 1 is 0.724 bits per heavy atom. The van der Waals surface area contributed by atoms with E-state index in [-0.39, 0.29) is 44.9 Å². The zero-order valence-corrected chi connectivity index (χ0v) is 35.2. The number of thioether (sulfide) groups is 2. The molecule has 4 atom stereocenters. The lowest BCUT2D eigenvalue weighted by Crippen LogP contribution is -2.05. The van der Waals surface area contributed by atoms with Gasteiger partial charge in [-0.15, -0.1) is 0 Å². The van der Waals surface area contributed by atoms with E-state index >= 15 is 0 Å². The van der Waals surface area contributed by atoms with E-state index < -0.39 is 38.8 Å². The Kier molecular flexibility index (Phi) is 18.6. The first-order valence-corrected chi connectivity index (χ1v) is 21.3. The molecular formula is C37H40Cl3F4N7O5S2. The Bertz CT molecular complexity index is 2030. The van der Waals surface area contributed by atoms with Crippen LogP contribution in [0.4, 0.5) is 28.9 Å². The summed E-state index contributed by atoms with van der Waals surface area (Å²) in [6.45, 7) is 6.01. The SMILES string of the molecule is C1CCOC1.CCCSc1nc(Cl)c([N+](=O)[O-])c(C[C@@H]2C[C@H]2c2ccc(F)c(F)c2)n1.CCCSc1nc(Cl)c([N+](=O)[O-])c(Cl)n1.N[C@@H]1C[C@H]1c1ccc(F)c(F)c1. The van der Waals surface area contributed by atoms with Crippen LogP contribution in [0.1, 0.15) is 81.0 Å². The predicted molar refractivity (Wildman–Crippen MR) is 217 cm³/mol. The molecule has 2 aromatic carbocycles. The minimum atomic E-state index is -0.887. The third-order valence-electron chi connectivity index (χ3n) is 8.70. The fraction of sp³-hybridized carbons (Fsp3) is 0.459. The van der Waals surface area contributed by atoms with Gasteiger partial charge in [0.2, 0.25) is 15.5 Å². The number of hydrogen-bond acceptors (Lipinski definition) is 12. The maximum atomic E-state index is 13.4. The summed E-state index contributed by atoms with van der Waals surface area (Å²) in [5.41, 5.74) is 6.64. The monoisotopic (exact) mass is 907 g/mol. The second-order valence-corrected chi connectivity index (χ2v) is 16.4. The molecule has 7 rings (SSSR count). The van der Waals surface area contributed by atoms with Crippen LogP contribution < -0.4 is 5.73 Å². The first-order chi connectivity index (χ1) is 27.6. The van der Waals surface area contributed by atoms with Gasteiger partial charge in [0, 0.05) is 43.1 Å². The van der Waals surface area contributed by atoms with Crippen LogP contribution in [0.3, 0.4) is 0 Å².